The zero-order valence-corrected chi connectivity index (χ0v) is 12.2. The molecule has 1 aromatic heterocycles. The molecule has 0 radical (unpaired) electrons. The molecule has 1 unspecified atom stereocenters. The van der Waals surface area contributed by atoms with Crippen molar-refractivity contribution in [2.75, 3.05) is 13.2 Å². The van der Waals surface area contributed by atoms with Crippen LogP contribution in [0.25, 0.3) is 0 Å². The summed E-state index contributed by atoms with van der Waals surface area (Å²) >= 11 is 0. The standard InChI is InChI=1S/C16H24N2O2/c1-13-5-7-16(8-6-13)19-12-15(20-16)11-17-10-14-4-2-3-9-18-14/h2-4,9,13,15,17H,5-8,10-12H2,1H3. The van der Waals surface area contributed by atoms with Crippen LogP contribution >= 0.6 is 0 Å². The van der Waals surface area contributed by atoms with Crippen molar-refractivity contribution in [1.82, 2.24) is 10.3 Å². The van der Waals surface area contributed by atoms with Gasteiger partial charge in [0.25, 0.3) is 0 Å². The summed E-state index contributed by atoms with van der Waals surface area (Å²) in [6.45, 7) is 4.63. The minimum absolute atomic E-state index is 0.173. The first-order valence-corrected chi connectivity index (χ1v) is 7.68. The molecule has 4 nitrogen and oxygen atoms in total. The predicted molar refractivity (Wildman–Crippen MR) is 77.1 cm³/mol. The summed E-state index contributed by atoms with van der Waals surface area (Å²) in [5.41, 5.74) is 1.06. The Hall–Kier alpha value is -0.970. The van der Waals surface area contributed by atoms with Crippen molar-refractivity contribution in [3.63, 3.8) is 0 Å². The van der Waals surface area contributed by atoms with Gasteiger partial charge in [-0.3, -0.25) is 4.98 Å². The van der Waals surface area contributed by atoms with E-state index in [4.69, 9.17) is 9.47 Å². The van der Waals surface area contributed by atoms with Crippen molar-refractivity contribution in [3.8, 4) is 0 Å². The third-order valence-electron chi connectivity index (χ3n) is 4.35. The van der Waals surface area contributed by atoms with Gasteiger partial charge in [-0.2, -0.15) is 0 Å². The zero-order chi connectivity index (χ0) is 13.8. The maximum absolute atomic E-state index is 6.17. The van der Waals surface area contributed by atoms with Gasteiger partial charge in [0.15, 0.2) is 5.79 Å². The van der Waals surface area contributed by atoms with Gasteiger partial charge in [-0.1, -0.05) is 13.0 Å². The van der Waals surface area contributed by atoms with Gasteiger partial charge in [0.2, 0.25) is 0 Å². The van der Waals surface area contributed by atoms with E-state index in [1.165, 1.54) is 12.8 Å². The Morgan fingerprint density at radius 2 is 2.20 bits per heavy atom. The second-order valence-corrected chi connectivity index (χ2v) is 6.10. The monoisotopic (exact) mass is 276 g/mol. The van der Waals surface area contributed by atoms with Crippen molar-refractivity contribution >= 4 is 0 Å². The first-order valence-electron chi connectivity index (χ1n) is 7.68. The molecule has 1 saturated carbocycles. The second kappa shape index (κ2) is 6.20. The molecule has 2 fully saturated rings. The molecule has 0 bridgehead atoms. The van der Waals surface area contributed by atoms with Crippen molar-refractivity contribution in [3.05, 3.63) is 30.1 Å². The fourth-order valence-electron chi connectivity index (χ4n) is 3.05. The molecule has 1 saturated heterocycles. The maximum atomic E-state index is 6.17. The minimum Gasteiger partial charge on any atom is -0.347 e. The van der Waals surface area contributed by atoms with E-state index in [9.17, 15) is 0 Å². The number of ether oxygens (including phenoxy) is 2. The lowest BCUT2D eigenvalue weighted by atomic mass is 9.86. The van der Waals surface area contributed by atoms with Crippen LogP contribution < -0.4 is 5.32 Å². The van der Waals surface area contributed by atoms with E-state index >= 15 is 0 Å². The van der Waals surface area contributed by atoms with Crippen molar-refractivity contribution in [1.29, 1.82) is 0 Å². The van der Waals surface area contributed by atoms with Crippen LogP contribution in [0.3, 0.4) is 0 Å². The number of rotatable bonds is 4. The Balaban J connectivity index is 1.42. The molecular weight excluding hydrogens is 252 g/mol. The average molecular weight is 276 g/mol. The minimum atomic E-state index is -0.274. The molecule has 1 atom stereocenters. The number of pyridine rings is 1. The molecule has 1 spiro atoms. The lowest BCUT2D eigenvalue weighted by Crippen LogP contribution is -2.37. The molecule has 110 valence electrons. The third kappa shape index (κ3) is 3.37. The van der Waals surface area contributed by atoms with Crippen LogP contribution in [0.15, 0.2) is 24.4 Å². The van der Waals surface area contributed by atoms with Crippen molar-refractivity contribution in [2.24, 2.45) is 5.92 Å². The molecular formula is C16H24N2O2. The molecule has 2 heterocycles. The fourth-order valence-corrected chi connectivity index (χ4v) is 3.05. The Labute approximate surface area is 120 Å². The van der Waals surface area contributed by atoms with Crippen molar-refractivity contribution < 1.29 is 9.47 Å². The number of nitrogens with zero attached hydrogens (tertiary/aromatic N) is 1. The molecule has 2 aliphatic rings. The van der Waals surface area contributed by atoms with E-state index < -0.39 is 0 Å². The van der Waals surface area contributed by atoms with Gasteiger partial charge >= 0.3 is 0 Å². The van der Waals surface area contributed by atoms with E-state index in [-0.39, 0.29) is 11.9 Å². The molecule has 0 amide bonds. The van der Waals surface area contributed by atoms with Crippen LogP contribution in [-0.4, -0.2) is 30.0 Å². The van der Waals surface area contributed by atoms with E-state index in [0.29, 0.717) is 6.61 Å². The summed E-state index contributed by atoms with van der Waals surface area (Å²) < 4.78 is 12.1. The van der Waals surface area contributed by atoms with E-state index in [1.807, 2.05) is 24.4 Å². The smallest absolute Gasteiger partial charge is 0.168 e. The lowest BCUT2D eigenvalue weighted by Gasteiger charge is -2.34. The van der Waals surface area contributed by atoms with E-state index in [2.05, 4.69) is 17.2 Å². The highest BCUT2D eigenvalue weighted by Gasteiger charge is 2.43. The van der Waals surface area contributed by atoms with Crippen LogP contribution in [0.4, 0.5) is 0 Å². The third-order valence-corrected chi connectivity index (χ3v) is 4.35. The first kappa shape index (κ1) is 14.0. The van der Waals surface area contributed by atoms with Gasteiger partial charge in [0.1, 0.15) is 0 Å². The SMILES string of the molecule is CC1CCC2(CC1)OCC(CNCc1ccccn1)O2. The molecule has 1 N–H and O–H groups in total. The molecule has 1 aliphatic carbocycles. The van der Waals surface area contributed by atoms with Crippen LogP contribution in [0.5, 0.6) is 0 Å². The Bertz CT molecular complexity index is 416. The molecule has 3 rings (SSSR count). The molecule has 0 aromatic carbocycles. The zero-order valence-electron chi connectivity index (χ0n) is 12.2. The summed E-state index contributed by atoms with van der Waals surface area (Å²) in [6, 6.07) is 5.98. The molecule has 1 aliphatic heterocycles. The molecule has 20 heavy (non-hydrogen) atoms. The van der Waals surface area contributed by atoms with Gasteiger partial charge in [-0.25, -0.2) is 0 Å². The van der Waals surface area contributed by atoms with Gasteiger partial charge in [-0.05, 0) is 30.9 Å². The Morgan fingerprint density at radius 1 is 1.35 bits per heavy atom. The summed E-state index contributed by atoms with van der Waals surface area (Å²) in [5.74, 6) is 0.540. The largest absolute Gasteiger partial charge is 0.347 e. The van der Waals surface area contributed by atoms with Crippen LogP contribution in [0, 0.1) is 5.92 Å². The summed E-state index contributed by atoms with van der Waals surface area (Å²) in [5, 5.41) is 3.41. The highest BCUT2D eigenvalue weighted by atomic mass is 16.7. The normalized spacial score (nSPS) is 33.6. The second-order valence-electron chi connectivity index (χ2n) is 6.10. The van der Waals surface area contributed by atoms with Crippen molar-refractivity contribution in [2.45, 2.75) is 51.0 Å². The molecule has 1 aromatic rings. The summed E-state index contributed by atoms with van der Waals surface area (Å²) in [6.07, 6.45) is 6.52. The number of hydrogen-bond donors (Lipinski definition) is 1. The van der Waals surface area contributed by atoms with Gasteiger partial charge in [-0.15, -0.1) is 0 Å². The van der Waals surface area contributed by atoms with Crippen LogP contribution in [0.1, 0.15) is 38.3 Å². The van der Waals surface area contributed by atoms with Gasteiger partial charge < -0.3 is 14.8 Å². The van der Waals surface area contributed by atoms with E-state index in [1.54, 1.807) is 0 Å². The van der Waals surface area contributed by atoms with Crippen LogP contribution in [-0.2, 0) is 16.0 Å². The first-order chi connectivity index (χ1) is 9.76. The van der Waals surface area contributed by atoms with Gasteiger partial charge in [0.05, 0.1) is 18.4 Å². The average Bonchev–Trinajstić information content (AvgIpc) is 2.87. The number of aromatic nitrogens is 1. The fraction of sp³-hybridized carbons (Fsp3) is 0.688. The maximum Gasteiger partial charge on any atom is 0.168 e. The topological polar surface area (TPSA) is 43.4 Å². The molecule has 4 heteroatoms. The quantitative estimate of drug-likeness (QED) is 0.917. The summed E-state index contributed by atoms with van der Waals surface area (Å²) in [4.78, 5) is 4.30. The Kier molecular flexibility index (Phi) is 4.34. The summed E-state index contributed by atoms with van der Waals surface area (Å²) in [7, 11) is 0. The highest BCUT2D eigenvalue weighted by Crippen LogP contribution is 2.39. The number of nitrogens with one attached hydrogen (secondary N) is 1. The highest BCUT2D eigenvalue weighted by molar-refractivity contribution is 5.02. The van der Waals surface area contributed by atoms with E-state index in [0.717, 1.165) is 37.5 Å². The Morgan fingerprint density at radius 3 is 2.95 bits per heavy atom. The van der Waals surface area contributed by atoms with Crippen LogP contribution in [0.2, 0.25) is 0 Å². The lowest BCUT2D eigenvalue weighted by molar-refractivity contribution is -0.191. The van der Waals surface area contributed by atoms with Gasteiger partial charge in [0, 0.05) is 32.1 Å². The predicted octanol–water partition coefficient (Wildman–Crippen LogP) is 2.49. The number of hydrogen-bond acceptors (Lipinski definition) is 4.